The zero-order chi connectivity index (χ0) is 23.4. The number of amides is 1. The van der Waals surface area contributed by atoms with Gasteiger partial charge in [0.1, 0.15) is 11.5 Å². The summed E-state index contributed by atoms with van der Waals surface area (Å²) < 4.78 is 17.9. The van der Waals surface area contributed by atoms with E-state index in [1.54, 1.807) is 48.3 Å². The highest BCUT2D eigenvalue weighted by atomic mass is 16.5. The van der Waals surface area contributed by atoms with Crippen molar-refractivity contribution in [3.05, 3.63) is 42.7 Å². The van der Waals surface area contributed by atoms with Crippen LogP contribution in [0.3, 0.4) is 0 Å². The summed E-state index contributed by atoms with van der Waals surface area (Å²) in [7, 11) is 5.67. The van der Waals surface area contributed by atoms with Gasteiger partial charge in [-0.25, -0.2) is 0 Å². The van der Waals surface area contributed by atoms with Crippen molar-refractivity contribution in [2.75, 3.05) is 46.6 Å². The molecule has 0 radical (unpaired) electrons. The molecule has 3 aromatic heterocycles. The van der Waals surface area contributed by atoms with Crippen LogP contribution in [-0.2, 0) is 4.79 Å². The van der Waals surface area contributed by atoms with Gasteiger partial charge in [-0.2, -0.15) is 19.5 Å². The van der Waals surface area contributed by atoms with E-state index in [0.29, 0.717) is 29.6 Å². The fourth-order valence-corrected chi connectivity index (χ4v) is 2.78. The molecule has 0 aliphatic heterocycles. The molecule has 0 aliphatic carbocycles. The van der Waals surface area contributed by atoms with Crippen molar-refractivity contribution in [1.82, 2.24) is 34.4 Å². The number of nitrogen functional groups attached to an aromatic ring is 1. The number of furan rings is 1. The van der Waals surface area contributed by atoms with E-state index in [1.165, 1.54) is 10.8 Å². The van der Waals surface area contributed by atoms with Crippen LogP contribution in [0.15, 0.2) is 47.1 Å². The van der Waals surface area contributed by atoms with Gasteiger partial charge in [-0.15, -0.1) is 5.10 Å². The number of aromatic nitrogens is 5. The first-order chi connectivity index (χ1) is 15.9. The van der Waals surface area contributed by atoms with Crippen LogP contribution in [0.5, 0.6) is 17.5 Å². The molecule has 0 unspecified atom stereocenters. The Morgan fingerprint density at radius 3 is 2.52 bits per heavy atom. The van der Waals surface area contributed by atoms with Gasteiger partial charge in [0.05, 0.1) is 6.26 Å². The van der Waals surface area contributed by atoms with Crippen LogP contribution in [0.4, 0.5) is 5.95 Å². The Morgan fingerprint density at radius 1 is 1.06 bits per heavy atom. The van der Waals surface area contributed by atoms with Crippen LogP contribution in [0.25, 0.3) is 17.4 Å². The van der Waals surface area contributed by atoms with Crippen molar-refractivity contribution in [1.29, 1.82) is 0 Å². The number of nitrogens with two attached hydrogens (primary N) is 1. The minimum atomic E-state index is -0.100. The average molecular weight is 452 g/mol. The molecule has 0 saturated carbocycles. The first kappa shape index (κ1) is 22.0. The van der Waals surface area contributed by atoms with Crippen molar-refractivity contribution >= 4 is 17.6 Å². The number of likely N-dealkylation sites (N-methyl/N-ethyl adjacent to an activating group) is 2. The lowest BCUT2D eigenvalue weighted by molar-refractivity contribution is -0.132. The average Bonchev–Trinajstić information content (AvgIpc) is 3.47. The molecular weight excluding hydrogens is 428 g/mol. The number of hydrogen-bond acceptors (Lipinski definition) is 10. The van der Waals surface area contributed by atoms with E-state index in [0.717, 1.165) is 6.54 Å². The smallest absolute Gasteiger partial charge is 0.328 e. The predicted molar refractivity (Wildman–Crippen MR) is 119 cm³/mol. The van der Waals surface area contributed by atoms with Crippen LogP contribution >= 0.6 is 0 Å². The summed E-state index contributed by atoms with van der Waals surface area (Å²) in [5.74, 6) is 2.01. The molecule has 0 fully saturated rings. The quantitative estimate of drug-likeness (QED) is 0.398. The van der Waals surface area contributed by atoms with E-state index in [-0.39, 0.29) is 30.3 Å². The lowest BCUT2D eigenvalue weighted by Gasteiger charge is -2.19. The maximum atomic E-state index is 12.2. The number of ether oxygens (including phenoxy) is 2. The number of hydrogen-bond donors (Lipinski definition) is 1. The monoisotopic (exact) mass is 452 g/mol. The van der Waals surface area contributed by atoms with Gasteiger partial charge in [-0.05, 0) is 50.5 Å². The standard InChI is InChI=1S/C21H24N8O4/c1-27(2)10-11-28(3)17(30)13-32-14-6-8-15(9-7-14)33-21-24-19(22)29-20(25-21)23-18(26-29)16-5-4-12-31-16/h4-9,12H,10-11,13H2,1-3H3,(H2,22,23,24,25,26). The van der Waals surface area contributed by atoms with Gasteiger partial charge in [-0.3, -0.25) is 4.79 Å². The minimum absolute atomic E-state index is 0.0183. The molecule has 1 aromatic carbocycles. The molecule has 12 heteroatoms. The highest BCUT2D eigenvalue weighted by Crippen LogP contribution is 2.23. The number of fused-ring (bicyclic) bond motifs is 1. The van der Waals surface area contributed by atoms with E-state index in [1.807, 2.05) is 19.0 Å². The fourth-order valence-electron chi connectivity index (χ4n) is 2.78. The van der Waals surface area contributed by atoms with Crippen molar-refractivity contribution < 1.29 is 18.7 Å². The lowest BCUT2D eigenvalue weighted by Crippen LogP contribution is -2.36. The maximum Gasteiger partial charge on any atom is 0.328 e. The van der Waals surface area contributed by atoms with Crippen LogP contribution < -0.4 is 15.2 Å². The molecule has 172 valence electrons. The van der Waals surface area contributed by atoms with Crippen LogP contribution in [0.2, 0.25) is 0 Å². The van der Waals surface area contributed by atoms with E-state index >= 15 is 0 Å². The first-order valence-electron chi connectivity index (χ1n) is 10.1. The minimum Gasteiger partial charge on any atom is -0.484 e. The normalized spacial score (nSPS) is 11.2. The predicted octanol–water partition coefficient (Wildman–Crippen LogP) is 1.55. The molecule has 0 saturated heterocycles. The van der Waals surface area contributed by atoms with Gasteiger partial charge in [0, 0.05) is 20.1 Å². The third-order valence-corrected chi connectivity index (χ3v) is 4.66. The van der Waals surface area contributed by atoms with Crippen LogP contribution in [0.1, 0.15) is 0 Å². The van der Waals surface area contributed by atoms with Gasteiger partial charge in [0.15, 0.2) is 12.4 Å². The summed E-state index contributed by atoms with van der Waals surface area (Å²) in [6.07, 6.45) is 1.53. The molecule has 1 amide bonds. The second kappa shape index (κ2) is 9.53. The number of nitrogens with zero attached hydrogens (tertiary/aromatic N) is 7. The molecule has 0 spiro atoms. The lowest BCUT2D eigenvalue weighted by atomic mass is 10.3. The molecule has 4 aromatic rings. The third kappa shape index (κ3) is 5.36. The topological polar surface area (TPSA) is 137 Å². The fraction of sp³-hybridized carbons (Fsp3) is 0.286. The molecule has 12 nitrogen and oxygen atoms in total. The summed E-state index contributed by atoms with van der Waals surface area (Å²) in [5.41, 5.74) is 5.97. The number of rotatable bonds is 9. The molecule has 33 heavy (non-hydrogen) atoms. The Labute approximate surface area is 189 Å². The van der Waals surface area contributed by atoms with E-state index in [4.69, 9.17) is 19.6 Å². The Balaban J connectivity index is 1.38. The number of carbonyl (C=O) groups excluding carboxylic acids is 1. The van der Waals surface area contributed by atoms with E-state index in [9.17, 15) is 4.79 Å². The van der Waals surface area contributed by atoms with Crippen molar-refractivity contribution in [2.45, 2.75) is 0 Å². The highest BCUT2D eigenvalue weighted by molar-refractivity contribution is 5.77. The molecule has 0 bridgehead atoms. The molecule has 0 atom stereocenters. The zero-order valence-electron chi connectivity index (χ0n) is 18.5. The summed E-state index contributed by atoms with van der Waals surface area (Å²) >= 11 is 0. The highest BCUT2D eigenvalue weighted by Gasteiger charge is 2.15. The third-order valence-electron chi connectivity index (χ3n) is 4.66. The second-order valence-corrected chi connectivity index (χ2v) is 7.47. The largest absolute Gasteiger partial charge is 0.484 e. The Morgan fingerprint density at radius 2 is 1.82 bits per heavy atom. The van der Waals surface area contributed by atoms with Crippen molar-refractivity contribution in [3.63, 3.8) is 0 Å². The molecule has 0 aliphatic rings. The number of benzene rings is 1. The molecule has 3 heterocycles. The molecular formula is C21H24N8O4. The zero-order valence-corrected chi connectivity index (χ0v) is 18.5. The first-order valence-corrected chi connectivity index (χ1v) is 10.1. The van der Waals surface area contributed by atoms with Crippen molar-refractivity contribution in [3.8, 4) is 29.1 Å². The Bertz CT molecular complexity index is 1220. The summed E-state index contributed by atoms with van der Waals surface area (Å²) in [6.45, 7) is 1.36. The SMILES string of the molecule is CN(C)CCN(C)C(=O)COc1ccc(Oc2nc(N)n3nc(-c4ccco4)nc3n2)cc1. The Hall–Kier alpha value is -4.19. The van der Waals surface area contributed by atoms with Gasteiger partial charge in [-0.1, -0.05) is 0 Å². The van der Waals surface area contributed by atoms with E-state index in [2.05, 4.69) is 20.1 Å². The number of carbonyl (C=O) groups is 1. The summed E-state index contributed by atoms with van der Waals surface area (Å²) in [4.78, 5) is 28.5. The molecule has 2 N–H and O–H groups in total. The van der Waals surface area contributed by atoms with Gasteiger partial charge < -0.3 is 29.4 Å². The van der Waals surface area contributed by atoms with Gasteiger partial charge >= 0.3 is 6.01 Å². The molecule has 4 rings (SSSR count). The Kier molecular flexibility index (Phi) is 6.36. The number of anilines is 1. The maximum absolute atomic E-state index is 12.2. The second-order valence-electron chi connectivity index (χ2n) is 7.47. The summed E-state index contributed by atoms with van der Waals surface area (Å²) in [6, 6.07) is 10.2. The van der Waals surface area contributed by atoms with Crippen LogP contribution in [-0.4, -0.2) is 81.1 Å². The van der Waals surface area contributed by atoms with Crippen molar-refractivity contribution in [2.24, 2.45) is 0 Å². The van der Waals surface area contributed by atoms with Crippen LogP contribution in [0, 0.1) is 0 Å². The summed E-state index contributed by atoms with van der Waals surface area (Å²) in [5, 5.41) is 4.24. The van der Waals surface area contributed by atoms with Gasteiger partial charge in [0.25, 0.3) is 11.7 Å². The van der Waals surface area contributed by atoms with E-state index < -0.39 is 0 Å². The van der Waals surface area contributed by atoms with Gasteiger partial charge in [0.2, 0.25) is 11.8 Å².